The molecule has 0 saturated carbocycles. The lowest BCUT2D eigenvalue weighted by atomic mass is 9.86. The minimum absolute atomic E-state index is 0.198. The highest BCUT2D eigenvalue weighted by Gasteiger charge is 2.16. The molecule has 1 aliphatic heterocycles. The second-order valence-electron chi connectivity index (χ2n) is 7.21. The van der Waals surface area contributed by atoms with Crippen molar-refractivity contribution >= 4 is 6.34 Å². The number of methoxy groups -OCH3 is 2. The van der Waals surface area contributed by atoms with Gasteiger partial charge in [0.15, 0.2) is 0 Å². The van der Waals surface area contributed by atoms with Gasteiger partial charge in [-0.25, -0.2) is 10.1 Å². The maximum absolute atomic E-state index is 5.77. The van der Waals surface area contributed by atoms with Crippen molar-refractivity contribution in [2.75, 3.05) is 34.0 Å². The summed E-state index contributed by atoms with van der Waals surface area (Å²) in [5.41, 5.74) is 3.71. The smallest absolute Gasteiger partial charge is 0.141 e. The summed E-state index contributed by atoms with van der Waals surface area (Å²) in [7, 11) is 3.29. The van der Waals surface area contributed by atoms with Crippen molar-refractivity contribution in [2.24, 2.45) is 4.99 Å². The van der Waals surface area contributed by atoms with Crippen LogP contribution in [-0.4, -0.2) is 45.4 Å². The van der Waals surface area contributed by atoms with Gasteiger partial charge in [0.2, 0.25) is 0 Å². The Morgan fingerprint density at radius 3 is 2.44 bits per heavy atom. The summed E-state index contributed by atoms with van der Waals surface area (Å²) in [5, 5.41) is 1.71. The van der Waals surface area contributed by atoms with E-state index in [1.807, 2.05) is 0 Å². The van der Waals surface area contributed by atoms with E-state index in [2.05, 4.69) is 50.0 Å². The molecule has 2 rings (SSSR count). The van der Waals surface area contributed by atoms with E-state index in [4.69, 9.17) is 14.3 Å². The molecule has 0 amide bonds. The first-order valence-corrected chi connectivity index (χ1v) is 8.72. The van der Waals surface area contributed by atoms with Gasteiger partial charge in [0.05, 0.1) is 20.3 Å². The van der Waals surface area contributed by atoms with Gasteiger partial charge >= 0.3 is 0 Å². The number of aryl methyl sites for hydroxylation is 1. The molecule has 0 radical (unpaired) electrons. The van der Waals surface area contributed by atoms with Crippen LogP contribution in [0.15, 0.2) is 40.7 Å². The highest BCUT2D eigenvalue weighted by molar-refractivity contribution is 5.58. The lowest BCUT2D eigenvalue weighted by molar-refractivity contribution is -0.0969. The minimum atomic E-state index is 0.198. The van der Waals surface area contributed by atoms with Gasteiger partial charge in [-0.05, 0) is 29.4 Å². The predicted molar refractivity (Wildman–Crippen MR) is 101 cm³/mol. The Balaban J connectivity index is 1.74. The van der Waals surface area contributed by atoms with E-state index >= 15 is 0 Å². The summed E-state index contributed by atoms with van der Waals surface area (Å²) in [6.07, 6.45) is 3.64. The Labute approximate surface area is 151 Å². The first-order chi connectivity index (χ1) is 11.9. The van der Waals surface area contributed by atoms with Crippen LogP contribution in [-0.2, 0) is 26.1 Å². The Bertz CT molecular complexity index is 600. The molecule has 138 valence electrons. The summed E-state index contributed by atoms with van der Waals surface area (Å²) in [6.45, 7) is 8.34. The van der Waals surface area contributed by atoms with Crippen LogP contribution in [0.25, 0.3) is 0 Å². The van der Waals surface area contributed by atoms with Crippen molar-refractivity contribution in [3.05, 3.63) is 46.8 Å². The molecule has 0 atom stereocenters. The number of nitrogens with zero attached hydrogens (tertiary/aromatic N) is 2. The van der Waals surface area contributed by atoms with Crippen molar-refractivity contribution in [3.8, 4) is 0 Å². The van der Waals surface area contributed by atoms with Crippen LogP contribution in [0.4, 0.5) is 0 Å². The van der Waals surface area contributed by atoms with Crippen molar-refractivity contribution in [1.82, 2.24) is 5.06 Å². The quantitative estimate of drug-likeness (QED) is 0.673. The van der Waals surface area contributed by atoms with Crippen LogP contribution < -0.4 is 0 Å². The molecular weight excluding hydrogens is 316 g/mol. The van der Waals surface area contributed by atoms with E-state index in [-0.39, 0.29) is 5.41 Å². The first-order valence-electron chi connectivity index (χ1n) is 8.72. The molecule has 1 aliphatic rings. The topological polar surface area (TPSA) is 43.3 Å². The molecule has 1 aromatic rings. The van der Waals surface area contributed by atoms with Gasteiger partial charge in [0.25, 0.3) is 0 Å². The molecule has 0 unspecified atom stereocenters. The van der Waals surface area contributed by atoms with Crippen molar-refractivity contribution in [1.29, 1.82) is 0 Å². The lowest BCUT2D eigenvalue weighted by Gasteiger charge is -2.24. The number of aliphatic imine (C=N–C) groups is 1. The largest absolute Gasteiger partial charge is 0.497 e. The van der Waals surface area contributed by atoms with E-state index in [0.29, 0.717) is 19.8 Å². The number of hydroxylamine groups is 2. The molecular formula is C20H30N2O3. The number of hydrogen-bond acceptors (Lipinski definition) is 5. The van der Waals surface area contributed by atoms with E-state index in [1.54, 1.807) is 25.6 Å². The van der Waals surface area contributed by atoms with Crippen molar-refractivity contribution in [3.63, 3.8) is 0 Å². The lowest BCUT2D eigenvalue weighted by Crippen LogP contribution is -2.30. The standard InChI is InChI=1S/C20H30N2O3/c1-20(2,3)17-10-8-16(9-11-17)7-6-12-25-22-13-19(24-5)18(14-23-4)21-15-22/h8-11,15H,6-7,12-14H2,1-5H3. The van der Waals surface area contributed by atoms with E-state index in [1.165, 1.54) is 11.1 Å². The number of hydrogen-bond donors (Lipinski definition) is 0. The van der Waals surface area contributed by atoms with Crippen LogP contribution >= 0.6 is 0 Å². The minimum Gasteiger partial charge on any atom is -0.497 e. The van der Waals surface area contributed by atoms with E-state index < -0.39 is 0 Å². The average molecular weight is 346 g/mol. The Morgan fingerprint density at radius 1 is 1.12 bits per heavy atom. The fourth-order valence-corrected chi connectivity index (χ4v) is 2.63. The normalized spacial score (nSPS) is 15.0. The summed E-state index contributed by atoms with van der Waals surface area (Å²) in [5.74, 6) is 0.780. The zero-order valence-corrected chi connectivity index (χ0v) is 16.0. The summed E-state index contributed by atoms with van der Waals surface area (Å²) >= 11 is 0. The Morgan fingerprint density at radius 2 is 1.84 bits per heavy atom. The molecule has 0 spiro atoms. The molecule has 0 N–H and O–H groups in total. The molecule has 1 aromatic carbocycles. The molecule has 0 fully saturated rings. The molecule has 0 aliphatic carbocycles. The van der Waals surface area contributed by atoms with Gasteiger partial charge in [0, 0.05) is 7.11 Å². The Hall–Kier alpha value is -1.85. The average Bonchev–Trinajstić information content (AvgIpc) is 2.59. The molecule has 1 heterocycles. The van der Waals surface area contributed by atoms with Crippen LogP contribution in [0.2, 0.25) is 0 Å². The Kier molecular flexibility index (Phi) is 7.02. The van der Waals surface area contributed by atoms with Gasteiger partial charge < -0.3 is 9.47 Å². The number of benzene rings is 1. The molecule has 0 aromatic heterocycles. The first kappa shape index (κ1) is 19.5. The summed E-state index contributed by atoms with van der Waals surface area (Å²) < 4.78 is 10.5. The third-order valence-corrected chi connectivity index (χ3v) is 4.18. The third-order valence-electron chi connectivity index (χ3n) is 4.18. The highest BCUT2D eigenvalue weighted by atomic mass is 16.7. The van der Waals surface area contributed by atoms with Crippen LogP contribution in [0.1, 0.15) is 38.3 Å². The fourth-order valence-electron chi connectivity index (χ4n) is 2.63. The predicted octanol–water partition coefficient (Wildman–Crippen LogP) is 3.70. The highest BCUT2D eigenvalue weighted by Crippen LogP contribution is 2.22. The van der Waals surface area contributed by atoms with Crippen LogP contribution in [0.3, 0.4) is 0 Å². The van der Waals surface area contributed by atoms with E-state index in [9.17, 15) is 0 Å². The van der Waals surface area contributed by atoms with Crippen molar-refractivity contribution in [2.45, 2.75) is 39.0 Å². The van der Waals surface area contributed by atoms with Gasteiger partial charge in [-0.1, -0.05) is 45.0 Å². The van der Waals surface area contributed by atoms with Gasteiger partial charge in [0.1, 0.15) is 24.3 Å². The maximum atomic E-state index is 5.77. The second-order valence-corrected chi connectivity index (χ2v) is 7.21. The zero-order valence-electron chi connectivity index (χ0n) is 16.0. The van der Waals surface area contributed by atoms with Crippen LogP contribution in [0, 0.1) is 0 Å². The van der Waals surface area contributed by atoms with Gasteiger partial charge in [-0.2, -0.15) is 0 Å². The van der Waals surface area contributed by atoms with Gasteiger partial charge in [-0.15, -0.1) is 0 Å². The molecule has 25 heavy (non-hydrogen) atoms. The third kappa shape index (κ3) is 5.87. The summed E-state index contributed by atoms with van der Waals surface area (Å²) in [6, 6.07) is 8.87. The number of rotatable bonds is 8. The van der Waals surface area contributed by atoms with Crippen LogP contribution in [0.5, 0.6) is 0 Å². The van der Waals surface area contributed by atoms with Crippen molar-refractivity contribution < 1.29 is 14.3 Å². The molecule has 5 nitrogen and oxygen atoms in total. The zero-order chi connectivity index (χ0) is 18.3. The fraction of sp³-hybridized carbons (Fsp3) is 0.550. The SMILES string of the molecule is COCC1=C(OC)CN(OCCCc2ccc(C(C)(C)C)cc2)C=N1. The second kappa shape index (κ2) is 9.02. The molecule has 0 saturated heterocycles. The molecule has 5 heteroatoms. The molecule has 0 bridgehead atoms. The van der Waals surface area contributed by atoms with Gasteiger partial charge in [-0.3, -0.25) is 4.84 Å². The number of ether oxygens (including phenoxy) is 2. The monoisotopic (exact) mass is 346 g/mol. The maximum Gasteiger partial charge on any atom is 0.141 e. The summed E-state index contributed by atoms with van der Waals surface area (Å²) in [4.78, 5) is 10.1. The van der Waals surface area contributed by atoms with E-state index in [0.717, 1.165) is 24.3 Å².